The summed E-state index contributed by atoms with van der Waals surface area (Å²) in [6, 6.07) is 12.1. The van der Waals surface area contributed by atoms with Crippen LogP contribution in [0.15, 0.2) is 48.7 Å². The molecule has 2 aromatic heterocycles. The molecular weight excluding hydrogens is 323 g/mol. The van der Waals surface area contributed by atoms with Crippen molar-refractivity contribution in [2.24, 2.45) is 5.73 Å². The van der Waals surface area contributed by atoms with Gasteiger partial charge >= 0.3 is 0 Å². The minimum atomic E-state index is -0.598. The van der Waals surface area contributed by atoms with Gasteiger partial charge in [0.1, 0.15) is 10.8 Å². The Morgan fingerprint density at radius 1 is 1.14 bits per heavy atom. The summed E-state index contributed by atoms with van der Waals surface area (Å²) >= 11 is 12.1. The summed E-state index contributed by atoms with van der Waals surface area (Å²) < 4.78 is 1.42. The molecular formula is C15H10Cl2N4O. The molecule has 0 saturated carbocycles. The largest absolute Gasteiger partial charge is 0.364 e. The molecule has 3 rings (SSSR count). The van der Waals surface area contributed by atoms with Gasteiger partial charge in [-0.1, -0.05) is 35.3 Å². The van der Waals surface area contributed by atoms with Crippen molar-refractivity contribution in [1.82, 2.24) is 14.8 Å². The molecule has 0 unspecified atom stereocenters. The predicted molar refractivity (Wildman–Crippen MR) is 85.3 cm³/mol. The van der Waals surface area contributed by atoms with Crippen molar-refractivity contribution in [2.45, 2.75) is 0 Å². The van der Waals surface area contributed by atoms with Crippen LogP contribution in [0, 0.1) is 0 Å². The highest BCUT2D eigenvalue weighted by Gasteiger charge is 2.17. The van der Waals surface area contributed by atoms with E-state index in [4.69, 9.17) is 28.9 Å². The average Bonchev–Trinajstić information content (AvgIpc) is 2.93. The number of benzene rings is 1. The number of amides is 1. The van der Waals surface area contributed by atoms with Gasteiger partial charge in [-0.2, -0.15) is 5.10 Å². The van der Waals surface area contributed by atoms with E-state index < -0.39 is 5.91 Å². The highest BCUT2D eigenvalue weighted by atomic mass is 35.5. The Hall–Kier alpha value is -2.37. The third kappa shape index (κ3) is 2.68. The molecule has 0 aliphatic rings. The SMILES string of the molecule is NC(=O)c1cc(-c2ccnc(Cl)c2)nn1-c1ccccc1Cl. The number of carbonyl (C=O) groups excluding carboxylic acids is 1. The second kappa shape index (κ2) is 5.79. The zero-order valence-corrected chi connectivity index (χ0v) is 12.7. The minimum Gasteiger partial charge on any atom is -0.364 e. The summed E-state index contributed by atoms with van der Waals surface area (Å²) in [5.41, 5.74) is 7.53. The molecule has 0 aliphatic heterocycles. The first-order valence-electron chi connectivity index (χ1n) is 6.33. The standard InChI is InChI=1S/C15H10Cl2N4O/c16-10-3-1-2-4-12(10)21-13(15(18)22)8-11(20-21)9-5-6-19-14(17)7-9/h1-8H,(H2,18,22). The van der Waals surface area contributed by atoms with Gasteiger partial charge in [-0.25, -0.2) is 9.67 Å². The Bertz CT molecular complexity index is 860. The van der Waals surface area contributed by atoms with Crippen molar-refractivity contribution in [3.05, 3.63) is 64.5 Å². The number of halogens is 2. The normalized spacial score (nSPS) is 10.6. The molecule has 2 heterocycles. The summed E-state index contributed by atoms with van der Waals surface area (Å²) in [4.78, 5) is 15.6. The van der Waals surface area contributed by atoms with E-state index in [0.29, 0.717) is 21.6 Å². The molecule has 5 nitrogen and oxygen atoms in total. The van der Waals surface area contributed by atoms with Gasteiger partial charge in [0, 0.05) is 11.8 Å². The third-order valence-corrected chi connectivity index (χ3v) is 3.59. The van der Waals surface area contributed by atoms with Gasteiger partial charge in [0.2, 0.25) is 0 Å². The number of nitrogens with two attached hydrogens (primary N) is 1. The second-order valence-corrected chi connectivity index (χ2v) is 5.30. The van der Waals surface area contributed by atoms with Crippen LogP contribution in [0.1, 0.15) is 10.5 Å². The molecule has 0 bridgehead atoms. The Morgan fingerprint density at radius 3 is 2.59 bits per heavy atom. The van der Waals surface area contributed by atoms with E-state index in [0.717, 1.165) is 5.56 Å². The van der Waals surface area contributed by atoms with Crippen molar-refractivity contribution in [2.75, 3.05) is 0 Å². The monoisotopic (exact) mass is 332 g/mol. The van der Waals surface area contributed by atoms with Crippen molar-refractivity contribution >= 4 is 29.1 Å². The first-order chi connectivity index (χ1) is 10.6. The maximum atomic E-state index is 11.7. The molecule has 0 radical (unpaired) electrons. The van der Waals surface area contributed by atoms with Gasteiger partial charge in [-0.3, -0.25) is 4.79 Å². The van der Waals surface area contributed by atoms with Crippen LogP contribution in [0.4, 0.5) is 0 Å². The van der Waals surface area contributed by atoms with Crippen LogP contribution in [0.2, 0.25) is 10.2 Å². The van der Waals surface area contributed by atoms with E-state index in [2.05, 4.69) is 10.1 Å². The molecule has 0 atom stereocenters. The summed E-state index contributed by atoms with van der Waals surface area (Å²) in [5.74, 6) is -0.598. The number of para-hydroxylation sites is 1. The van der Waals surface area contributed by atoms with Gasteiger partial charge in [-0.05, 0) is 30.3 Å². The van der Waals surface area contributed by atoms with Crippen LogP contribution in [0.3, 0.4) is 0 Å². The van der Waals surface area contributed by atoms with Gasteiger partial charge in [0.25, 0.3) is 5.91 Å². The molecule has 1 amide bonds. The lowest BCUT2D eigenvalue weighted by Gasteiger charge is -2.06. The first-order valence-corrected chi connectivity index (χ1v) is 7.08. The Labute approximate surface area is 136 Å². The van der Waals surface area contributed by atoms with E-state index >= 15 is 0 Å². The van der Waals surface area contributed by atoms with Crippen LogP contribution < -0.4 is 5.73 Å². The van der Waals surface area contributed by atoms with Crippen molar-refractivity contribution < 1.29 is 4.79 Å². The van der Waals surface area contributed by atoms with Gasteiger partial charge in [0.05, 0.1) is 16.4 Å². The number of aromatic nitrogens is 3. The van der Waals surface area contributed by atoms with E-state index in [1.165, 1.54) is 4.68 Å². The lowest BCUT2D eigenvalue weighted by molar-refractivity contribution is 0.0993. The number of hydrogen-bond donors (Lipinski definition) is 1. The Balaban J connectivity index is 2.19. The van der Waals surface area contributed by atoms with Crippen LogP contribution in [-0.4, -0.2) is 20.7 Å². The molecule has 0 spiro atoms. The molecule has 22 heavy (non-hydrogen) atoms. The molecule has 3 aromatic rings. The van der Waals surface area contributed by atoms with Crippen molar-refractivity contribution in [1.29, 1.82) is 0 Å². The van der Waals surface area contributed by atoms with E-state index in [1.807, 2.05) is 0 Å². The summed E-state index contributed by atoms with van der Waals surface area (Å²) in [6.45, 7) is 0. The van der Waals surface area contributed by atoms with Crippen LogP contribution >= 0.6 is 23.2 Å². The predicted octanol–water partition coefficient (Wildman–Crippen LogP) is 3.34. The number of rotatable bonds is 3. The smallest absolute Gasteiger partial charge is 0.267 e. The molecule has 2 N–H and O–H groups in total. The fourth-order valence-electron chi connectivity index (χ4n) is 2.07. The fourth-order valence-corrected chi connectivity index (χ4v) is 2.46. The molecule has 0 saturated heterocycles. The van der Waals surface area contributed by atoms with Gasteiger partial charge < -0.3 is 5.73 Å². The number of carbonyl (C=O) groups is 1. The molecule has 7 heteroatoms. The minimum absolute atomic E-state index is 0.232. The van der Waals surface area contributed by atoms with Crippen LogP contribution in [0.5, 0.6) is 0 Å². The quantitative estimate of drug-likeness (QED) is 0.747. The zero-order valence-electron chi connectivity index (χ0n) is 11.2. The van der Waals surface area contributed by atoms with E-state index in [9.17, 15) is 4.79 Å². The number of primary amides is 1. The van der Waals surface area contributed by atoms with E-state index in [1.54, 1.807) is 48.7 Å². The maximum Gasteiger partial charge on any atom is 0.267 e. The Morgan fingerprint density at radius 2 is 1.91 bits per heavy atom. The van der Waals surface area contributed by atoms with Crippen molar-refractivity contribution in [3.63, 3.8) is 0 Å². The molecule has 0 aliphatic carbocycles. The summed E-state index contributed by atoms with van der Waals surface area (Å²) in [5, 5.41) is 5.22. The second-order valence-electron chi connectivity index (χ2n) is 4.51. The molecule has 1 aromatic carbocycles. The lowest BCUT2D eigenvalue weighted by atomic mass is 10.2. The average molecular weight is 333 g/mol. The molecule has 0 fully saturated rings. The number of pyridine rings is 1. The van der Waals surface area contributed by atoms with Crippen molar-refractivity contribution in [3.8, 4) is 16.9 Å². The molecule has 110 valence electrons. The number of nitrogens with zero attached hydrogens (tertiary/aromatic N) is 3. The Kier molecular flexibility index (Phi) is 3.83. The van der Waals surface area contributed by atoms with Gasteiger partial charge in [0.15, 0.2) is 0 Å². The van der Waals surface area contributed by atoms with Crippen LogP contribution in [-0.2, 0) is 0 Å². The highest BCUT2D eigenvalue weighted by Crippen LogP contribution is 2.26. The third-order valence-electron chi connectivity index (χ3n) is 3.06. The zero-order chi connectivity index (χ0) is 15.7. The first kappa shape index (κ1) is 14.6. The fraction of sp³-hybridized carbons (Fsp3) is 0. The summed E-state index contributed by atoms with van der Waals surface area (Å²) in [6.07, 6.45) is 1.57. The van der Waals surface area contributed by atoms with Crippen LogP contribution in [0.25, 0.3) is 16.9 Å². The number of hydrogen-bond acceptors (Lipinski definition) is 3. The van der Waals surface area contributed by atoms with Gasteiger partial charge in [-0.15, -0.1) is 0 Å². The highest BCUT2D eigenvalue weighted by molar-refractivity contribution is 6.32. The lowest BCUT2D eigenvalue weighted by Crippen LogP contribution is -2.16. The maximum absolute atomic E-state index is 11.7. The topological polar surface area (TPSA) is 73.8 Å². The van der Waals surface area contributed by atoms with E-state index in [-0.39, 0.29) is 5.69 Å². The summed E-state index contributed by atoms with van der Waals surface area (Å²) in [7, 11) is 0.